The van der Waals surface area contributed by atoms with Crippen LogP contribution in [0.5, 0.6) is 0 Å². The Morgan fingerprint density at radius 1 is 0.981 bits per heavy atom. The summed E-state index contributed by atoms with van der Waals surface area (Å²) in [7, 11) is 0. The minimum absolute atomic E-state index is 0.0534. The summed E-state index contributed by atoms with van der Waals surface area (Å²) in [6, 6.07) is 2.08. The number of rotatable bonds is 15. The molecule has 4 rings (SSSR count). The Kier molecular flexibility index (Phi) is 14.0. The molecule has 2 aliphatic rings. The number of H-pyrrole nitrogens is 1. The van der Waals surface area contributed by atoms with Crippen molar-refractivity contribution in [3.63, 3.8) is 0 Å². The lowest BCUT2D eigenvalue weighted by atomic mass is 9.96. The van der Waals surface area contributed by atoms with Crippen LogP contribution in [0, 0.1) is 5.92 Å². The Labute approximate surface area is 310 Å². The largest absolute Gasteiger partial charge is 0.460 e. The maximum atomic E-state index is 14.2. The molecule has 1 aliphatic carbocycles. The van der Waals surface area contributed by atoms with E-state index in [0.29, 0.717) is 31.3 Å². The standard InChI is InChI=1S/C38H54N8O7/c1-22(2)18-28(34(49)45-40)42-36(51)32(23-12-7-6-8-13-23)44-35(50)30-16-11-17-46(30)37(52)29(20-31(47)53-38(3,4)5)43-33(48)26(39)19-24-21-41-27-15-10-9-14-25(24)27/h6-7,9-10,13-15,21-22,26,28-30,32,41H,8,11-12,16-20,39-40H2,1-5H3,(H,42,51)(H,43,48)(H,44,50)(H,45,49)/t26-,28+,29-,30+,32-/m1/s1. The van der Waals surface area contributed by atoms with Gasteiger partial charge in [0, 0.05) is 23.6 Å². The zero-order chi connectivity index (χ0) is 38.9. The number of nitrogens with two attached hydrogens (primary N) is 2. The Bertz CT molecular complexity index is 1730. The van der Waals surface area contributed by atoms with E-state index in [0.717, 1.165) is 16.5 Å². The van der Waals surface area contributed by atoms with E-state index in [-0.39, 0.29) is 25.3 Å². The molecule has 5 amide bonds. The first-order valence-electron chi connectivity index (χ1n) is 18.2. The summed E-state index contributed by atoms with van der Waals surface area (Å²) < 4.78 is 5.49. The summed E-state index contributed by atoms with van der Waals surface area (Å²) in [6.45, 7) is 9.05. The van der Waals surface area contributed by atoms with E-state index in [2.05, 4.69) is 26.4 Å². The number of fused-ring (bicyclic) bond motifs is 1. The second-order valence-corrected chi connectivity index (χ2v) is 15.0. The monoisotopic (exact) mass is 734 g/mol. The van der Waals surface area contributed by atoms with Crippen LogP contribution in [0.25, 0.3) is 10.9 Å². The highest BCUT2D eigenvalue weighted by atomic mass is 16.6. The van der Waals surface area contributed by atoms with Crippen LogP contribution < -0.4 is 33.0 Å². The van der Waals surface area contributed by atoms with Crippen molar-refractivity contribution in [1.82, 2.24) is 31.3 Å². The predicted molar refractivity (Wildman–Crippen MR) is 199 cm³/mol. The SMILES string of the molecule is CC(C)C[C@H](NC(=O)[C@H](NC(=O)[C@@H]1CCCN1C(=O)[C@@H](CC(=O)OC(C)(C)C)NC(=O)[C@H](N)Cc1c[nH]c2ccccc12)C1=CCC=CC1)C(=O)NN. The molecule has 0 saturated carbocycles. The molecule has 1 aromatic heterocycles. The Hall–Kier alpha value is -5.02. The average molecular weight is 735 g/mol. The number of ether oxygens (including phenoxy) is 1. The summed E-state index contributed by atoms with van der Waals surface area (Å²) >= 11 is 0. The van der Waals surface area contributed by atoms with Gasteiger partial charge in [0.15, 0.2) is 0 Å². The van der Waals surface area contributed by atoms with Gasteiger partial charge in [-0.2, -0.15) is 0 Å². The molecule has 1 aliphatic heterocycles. The van der Waals surface area contributed by atoms with Gasteiger partial charge in [0.1, 0.15) is 29.8 Å². The van der Waals surface area contributed by atoms with Crippen LogP contribution in [-0.2, 0) is 39.9 Å². The van der Waals surface area contributed by atoms with Gasteiger partial charge in [-0.15, -0.1) is 0 Å². The van der Waals surface area contributed by atoms with E-state index in [1.165, 1.54) is 4.90 Å². The minimum atomic E-state index is -1.38. The van der Waals surface area contributed by atoms with Crippen molar-refractivity contribution in [3.8, 4) is 0 Å². The number of hydrogen-bond acceptors (Lipinski definition) is 9. The predicted octanol–water partition coefficient (Wildman–Crippen LogP) is 1.53. The number of nitrogens with zero attached hydrogens (tertiary/aromatic N) is 1. The fraction of sp³-hybridized carbons (Fsp3) is 0.526. The second-order valence-electron chi connectivity index (χ2n) is 15.0. The number of esters is 1. The highest BCUT2D eigenvalue weighted by Crippen LogP contribution is 2.23. The number of amides is 5. The summed E-state index contributed by atoms with van der Waals surface area (Å²) in [4.78, 5) is 85.4. The average Bonchev–Trinajstić information content (AvgIpc) is 3.76. The minimum Gasteiger partial charge on any atom is -0.460 e. The molecule has 9 N–H and O–H groups in total. The van der Waals surface area contributed by atoms with Crippen molar-refractivity contribution in [2.45, 2.75) is 115 Å². The van der Waals surface area contributed by atoms with E-state index in [9.17, 15) is 28.8 Å². The summed E-state index contributed by atoms with van der Waals surface area (Å²) in [5.41, 5.74) is 9.91. The highest BCUT2D eigenvalue weighted by Gasteiger charge is 2.41. The van der Waals surface area contributed by atoms with Crippen molar-refractivity contribution in [3.05, 3.63) is 59.8 Å². The molecule has 0 bridgehead atoms. The van der Waals surface area contributed by atoms with Crippen LogP contribution in [0.2, 0.25) is 0 Å². The van der Waals surface area contributed by atoms with E-state index < -0.39 is 77.7 Å². The number of likely N-dealkylation sites (tertiary alicyclic amines) is 1. The molecule has 288 valence electrons. The van der Waals surface area contributed by atoms with Gasteiger partial charge < -0.3 is 36.3 Å². The first-order valence-corrected chi connectivity index (χ1v) is 18.2. The van der Waals surface area contributed by atoms with Crippen LogP contribution in [0.15, 0.2) is 54.3 Å². The Morgan fingerprint density at radius 2 is 1.70 bits per heavy atom. The zero-order valence-corrected chi connectivity index (χ0v) is 31.2. The van der Waals surface area contributed by atoms with E-state index in [4.69, 9.17) is 16.3 Å². The normalized spacial score (nSPS) is 18.1. The summed E-state index contributed by atoms with van der Waals surface area (Å²) in [6.07, 6.45) is 9.13. The molecule has 53 heavy (non-hydrogen) atoms. The van der Waals surface area contributed by atoms with Crippen molar-refractivity contribution in [1.29, 1.82) is 0 Å². The third-order valence-corrected chi connectivity index (χ3v) is 9.13. The van der Waals surface area contributed by atoms with Crippen LogP contribution >= 0.6 is 0 Å². The first kappa shape index (κ1) is 40.7. The van der Waals surface area contributed by atoms with Crippen molar-refractivity contribution >= 4 is 46.4 Å². The Balaban J connectivity index is 1.53. The van der Waals surface area contributed by atoms with Gasteiger partial charge in [-0.25, -0.2) is 5.84 Å². The lowest BCUT2D eigenvalue weighted by molar-refractivity contribution is -0.157. The molecule has 0 unspecified atom stereocenters. The number of para-hydroxylation sites is 1. The fourth-order valence-corrected chi connectivity index (χ4v) is 6.64. The molecule has 1 fully saturated rings. The van der Waals surface area contributed by atoms with Crippen molar-refractivity contribution in [2.24, 2.45) is 17.5 Å². The van der Waals surface area contributed by atoms with Crippen LogP contribution in [-0.4, -0.2) is 87.7 Å². The number of allylic oxidation sites excluding steroid dienone is 3. The molecule has 0 spiro atoms. The number of aromatic nitrogens is 1. The molecule has 0 radical (unpaired) electrons. The smallest absolute Gasteiger partial charge is 0.308 e. The quantitative estimate of drug-likeness (QED) is 0.0462. The molecule has 1 aromatic carbocycles. The van der Waals surface area contributed by atoms with E-state index >= 15 is 0 Å². The maximum Gasteiger partial charge on any atom is 0.308 e. The van der Waals surface area contributed by atoms with Gasteiger partial charge in [0.05, 0.1) is 12.5 Å². The first-order chi connectivity index (χ1) is 25.1. The van der Waals surface area contributed by atoms with Gasteiger partial charge in [-0.1, -0.05) is 50.3 Å². The molecule has 1 saturated heterocycles. The maximum absolute atomic E-state index is 14.2. The van der Waals surface area contributed by atoms with Crippen LogP contribution in [0.4, 0.5) is 0 Å². The topological polar surface area (TPSA) is 231 Å². The Morgan fingerprint density at radius 3 is 2.36 bits per heavy atom. The summed E-state index contributed by atoms with van der Waals surface area (Å²) in [5, 5.41) is 9.14. The number of hydrazine groups is 1. The fourth-order valence-electron chi connectivity index (χ4n) is 6.64. The number of aromatic amines is 1. The van der Waals surface area contributed by atoms with E-state index in [1.54, 1.807) is 27.0 Å². The van der Waals surface area contributed by atoms with Gasteiger partial charge in [0.25, 0.3) is 5.91 Å². The molecule has 15 nitrogen and oxygen atoms in total. The molecular weight excluding hydrogens is 680 g/mol. The lowest BCUT2D eigenvalue weighted by Crippen LogP contribution is -2.59. The number of benzene rings is 1. The third kappa shape index (κ3) is 11.2. The van der Waals surface area contributed by atoms with E-state index in [1.807, 2.05) is 56.3 Å². The van der Waals surface area contributed by atoms with Crippen LogP contribution in [0.3, 0.4) is 0 Å². The van der Waals surface area contributed by atoms with Crippen molar-refractivity contribution in [2.75, 3.05) is 6.54 Å². The lowest BCUT2D eigenvalue weighted by Gasteiger charge is -2.31. The molecular formula is C38H54N8O7. The number of nitrogens with one attached hydrogen (secondary N) is 5. The molecule has 2 aromatic rings. The van der Waals surface area contributed by atoms with Gasteiger partial charge >= 0.3 is 5.97 Å². The van der Waals surface area contributed by atoms with Gasteiger partial charge in [-0.05, 0) is 82.4 Å². The van der Waals surface area contributed by atoms with Gasteiger partial charge in [-0.3, -0.25) is 34.2 Å². The van der Waals surface area contributed by atoms with Crippen LogP contribution in [0.1, 0.15) is 78.7 Å². The summed E-state index contributed by atoms with van der Waals surface area (Å²) in [5.74, 6) is 1.67. The number of hydrogen-bond donors (Lipinski definition) is 7. The second kappa shape index (κ2) is 18.1. The highest BCUT2D eigenvalue weighted by molar-refractivity contribution is 5.98. The zero-order valence-electron chi connectivity index (χ0n) is 31.2. The number of carbonyl (C=O) groups excluding carboxylic acids is 6. The molecule has 15 heteroatoms. The molecule has 5 atom stereocenters. The van der Waals surface area contributed by atoms with Crippen molar-refractivity contribution < 1.29 is 33.5 Å². The van der Waals surface area contributed by atoms with Gasteiger partial charge in [0.2, 0.25) is 23.6 Å². The number of carbonyl (C=O) groups is 6. The molecule has 2 heterocycles. The third-order valence-electron chi connectivity index (χ3n) is 9.13.